The van der Waals surface area contributed by atoms with Crippen molar-refractivity contribution >= 4 is 17.3 Å². The van der Waals surface area contributed by atoms with E-state index in [1.807, 2.05) is 6.07 Å². The Morgan fingerprint density at radius 2 is 1.81 bits per heavy atom. The van der Waals surface area contributed by atoms with Gasteiger partial charge in [-0.15, -0.1) is 0 Å². The fourth-order valence-electron chi connectivity index (χ4n) is 1.99. The summed E-state index contributed by atoms with van der Waals surface area (Å²) in [7, 11) is 0. The minimum Gasteiger partial charge on any atom is -0.258 e. The highest BCUT2D eigenvalue weighted by Crippen LogP contribution is 2.29. The van der Waals surface area contributed by atoms with Crippen molar-refractivity contribution in [3.63, 3.8) is 0 Å². The van der Waals surface area contributed by atoms with Gasteiger partial charge in [0.2, 0.25) is 0 Å². The first kappa shape index (κ1) is 14.5. The van der Waals surface area contributed by atoms with Gasteiger partial charge in [0.05, 0.1) is 28.5 Å². The quantitative estimate of drug-likeness (QED) is 0.637. The van der Waals surface area contributed by atoms with Crippen molar-refractivity contribution in [2.45, 2.75) is 5.92 Å². The van der Waals surface area contributed by atoms with E-state index in [9.17, 15) is 15.4 Å². The number of non-ortho nitro benzene ring substituents is 1. The first-order valence-corrected chi connectivity index (χ1v) is 6.28. The molecule has 2 aromatic carbocycles. The van der Waals surface area contributed by atoms with Crippen molar-refractivity contribution in [1.82, 2.24) is 0 Å². The van der Waals surface area contributed by atoms with E-state index in [1.54, 1.807) is 24.3 Å². The average molecular weight is 298 g/mol. The Hall–Kier alpha value is -2.89. The third kappa shape index (κ3) is 3.00. The van der Waals surface area contributed by atoms with Crippen LogP contribution in [0, 0.1) is 32.8 Å². The molecule has 0 radical (unpaired) electrons. The fourth-order valence-corrected chi connectivity index (χ4v) is 2.11. The minimum absolute atomic E-state index is 0.116. The number of hydrogen-bond donors (Lipinski definition) is 0. The number of nitro benzene ring substituents is 1. The lowest BCUT2D eigenvalue weighted by Crippen LogP contribution is -2.02. The summed E-state index contributed by atoms with van der Waals surface area (Å²) >= 11 is 5.81. The van der Waals surface area contributed by atoms with Crippen molar-refractivity contribution in [2.75, 3.05) is 0 Å². The van der Waals surface area contributed by atoms with E-state index in [0.29, 0.717) is 16.1 Å². The fraction of sp³-hybridized carbons (Fsp3) is 0.0667. The molecular formula is C15H8ClN3O2. The zero-order chi connectivity index (χ0) is 15.4. The van der Waals surface area contributed by atoms with Gasteiger partial charge in [-0.25, -0.2) is 0 Å². The molecule has 0 aliphatic rings. The molecule has 6 heteroatoms. The zero-order valence-corrected chi connectivity index (χ0v) is 11.4. The molecule has 21 heavy (non-hydrogen) atoms. The summed E-state index contributed by atoms with van der Waals surface area (Å²) in [6, 6.07) is 14.6. The largest absolute Gasteiger partial charge is 0.270 e. The Labute approximate surface area is 125 Å². The molecule has 0 aliphatic heterocycles. The van der Waals surface area contributed by atoms with E-state index in [-0.39, 0.29) is 11.3 Å². The summed E-state index contributed by atoms with van der Waals surface area (Å²) in [5.74, 6) is -0.683. The van der Waals surface area contributed by atoms with E-state index in [4.69, 9.17) is 16.9 Å². The van der Waals surface area contributed by atoms with E-state index < -0.39 is 10.8 Å². The summed E-state index contributed by atoms with van der Waals surface area (Å²) < 4.78 is 0. The molecule has 0 saturated carbocycles. The summed E-state index contributed by atoms with van der Waals surface area (Å²) in [5, 5.41) is 29.8. The van der Waals surface area contributed by atoms with Gasteiger partial charge in [-0.05, 0) is 29.3 Å². The molecule has 0 spiro atoms. The molecule has 1 atom stereocenters. The summed E-state index contributed by atoms with van der Waals surface area (Å²) in [4.78, 5) is 10.2. The van der Waals surface area contributed by atoms with Gasteiger partial charge in [-0.2, -0.15) is 10.5 Å². The highest BCUT2D eigenvalue weighted by molar-refractivity contribution is 6.30. The van der Waals surface area contributed by atoms with Crippen LogP contribution in [0.25, 0.3) is 0 Å². The minimum atomic E-state index is -0.683. The lowest BCUT2D eigenvalue weighted by molar-refractivity contribution is -0.384. The summed E-state index contributed by atoms with van der Waals surface area (Å²) in [5.41, 5.74) is 1.05. The Morgan fingerprint density at radius 1 is 1.14 bits per heavy atom. The average Bonchev–Trinajstić information content (AvgIpc) is 2.50. The van der Waals surface area contributed by atoms with E-state index in [2.05, 4.69) is 6.07 Å². The van der Waals surface area contributed by atoms with Gasteiger partial charge in [-0.3, -0.25) is 10.1 Å². The molecule has 0 saturated heterocycles. The van der Waals surface area contributed by atoms with Crippen molar-refractivity contribution in [3.8, 4) is 12.1 Å². The predicted molar refractivity (Wildman–Crippen MR) is 76.7 cm³/mol. The molecule has 0 fully saturated rings. The zero-order valence-electron chi connectivity index (χ0n) is 10.7. The maximum absolute atomic E-state index is 10.7. The standard InChI is InChI=1S/C15H8ClN3O2/c16-12-3-1-10(2-4-12)15(9-18)14-6-5-13(19(20)21)7-11(14)8-17/h1-7,15H. The molecular weight excluding hydrogens is 290 g/mol. The van der Waals surface area contributed by atoms with Gasteiger partial charge < -0.3 is 0 Å². The highest BCUT2D eigenvalue weighted by Gasteiger charge is 2.19. The number of hydrogen-bond acceptors (Lipinski definition) is 4. The number of benzene rings is 2. The molecule has 5 nitrogen and oxygen atoms in total. The van der Waals surface area contributed by atoms with Crippen LogP contribution in [0.5, 0.6) is 0 Å². The van der Waals surface area contributed by atoms with Crippen LogP contribution in [0.4, 0.5) is 5.69 Å². The molecule has 0 amide bonds. The van der Waals surface area contributed by atoms with Crippen molar-refractivity contribution in [2.24, 2.45) is 0 Å². The number of nitriles is 2. The van der Waals surface area contributed by atoms with Gasteiger partial charge in [0.25, 0.3) is 5.69 Å². The maximum atomic E-state index is 10.7. The van der Waals surface area contributed by atoms with Crippen molar-refractivity contribution in [3.05, 3.63) is 74.3 Å². The van der Waals surface area contributed by atoms with Crippen LogP contribution < -0.4 is 0 Å². The van der Waals surface area contributed by atoms with Crippen LogP contribution in [-0.4, -0.2) is 4.92 Å². The van der Waals surface area contributed by atoms with E-state index in [1.165, 1.54) is 18.2 Å². The predicted octanol–water partition coefficient (Wildman–Crippen LogP) is 3.78. The van der Waals surface area contributed by atoms with Gasteiger partial charge in [0.15, 0.2) is 0 Å². The highest BCUT2D eigenvalue weighted by atomic mass is 35.5. The van der Waals surface area contributed by atoms with Crippen LogP contribution in [-0.2, 0) is 0 Å². The molecule has 0 heterocycles. The Balaban J connectivity index is 2.53. The van der Waals surface area contributed by atoms with Gasteiger partial charge in [-0.1, -0.05) is 23.7 Å². The molecule has 2 rings (SSSR count). The topological polar surface area (TPSA) is 90.7 Å². The van der Waals surface area contributed by atoms with Gasteiger partial charge in [0.1, 0.15) is 0 Å². The maximum Gasteiger partial charge on any atom is 0.270 e. The third-order valence-corrected chi connectivity index (χ3v) is 3.26. The van der Waals surface area contributed by atoms with Crippen LogP contribution in [0.2, 0.25) is 5.02 Å². The lowest BCUT2D eigenvalue weighted by Gasteiger charge is -2.11. The van der Waals surface area contributed by atoms with Crippen LogP contribution in [0.3, 0.4) is 0 Å². The van der Waals surface area contributed by atoms with Crippen LogP contribution in [0.1, 0.15) is 22.6 Å². The number of nitro groups is 1. The lowest BCUT2D eigenvalue weighted by atomic mass is 9.89. The van der Waals surface area contributed by atoms with Crippen LogP contribution >= 0.6 is 11.6 Å². The smallest absolute Gasteiger partial charge is 0.258 e. The number of rotatable bonds is 3. The molecule has 0 bridgehead atoms. The third-order valence-electron chi connectivity index (χ3n) is 3.01. The summed E-state index contributed by atoms with van der Waals surface area (Å²) in [6.45, 7) is 0. The SMILES string of the molecule is N#Cc1cc([N+](=O)[O-])ccc1C(C#N)c1ccc(Cl)cc1. The Bertz CT molecular complexity index is 773. The van der Waals surface area contributed by atoms with E-state index >= 15 is 0 Å². The second-order valence-electron chi connectivity index (χ2n) is 4.25. The molecule has 0 aliphatic carbocycles. The molecule has 0 N–H and O–H groups in total. The molecule has 2 aromatic rings. The first-order chi connectivity index (χ1) is 10.1. The Morgan fingerprint density at radius 3 is 2.33 bits per heavy atom. The monoisotopic (exact) mass is 297 g/mol. The second kappa shape index (κ2) is 6.04. The Kier molecular flexibility index (Phi) is 4.18. The van der Waals surface area contributed by atoms with Crippen molar-refractivity contribution in [1.29, 1.82) is 10.5 Å². The normalized spacial score (nSPS) is 11.2. The second-order valence-corrected chi connectivity index (χ2v) is 4.69. The van der Waals surface area contributed by atoms with Crippen molar-refractivity contribution < 1.29 is 4.92 Å². The number of halogens is 1. The molecule has 1 unspecified atom stereocenters. The molecule has 0 aromatic heterocycles. The number of nitrogens with zero attached hydrogens (tertiary/aromatic N) is 3. The summed E-state index contributed by atoms with van der Waals surface area (Å²) in [6.07, 6.45) is 0. The van der Waals surface area contributed by atoms with E-state index in [0.717, 1.165) is 0 Å². The van der Waals surface area contributed by atoms with Crippen LogP contribution in [0.15, 0.2) is 42.5 Å². The van der Waals surface area contributed by atoms with Gasteiger partial charge in [0, 0.05) is 17.2 Å². The molecule has 102 valence electrons. The first-order valence-electron chi connectivity index (χ1n) is 5.90. The van der Waals surface area contributed by atoms with Gasteiger partial charge >= 0.3 is 0 Å².